The zero-order valence-electron chi connectivity index (χ0n) is 33.7. The SMILES string of the molecule is [2H]C1([2H])N(CC([2H])([2H])[C@]2([2H])C([2H])([2H])C([2H])([2H])[C@@]([2H])(NC(N)=O)C([2H])([2H])C2([2H])[2H])C([2H])([2H])C([2H])([2H])N(c2cccc(C)c2Cl)C1([2H])[2H]. The van der Waals surface area contributed by atoms with Gasteiger partial charge in [-0.3, -0.25) is 4.90 Å². The highest BCUT2D eigenvalue weighted by Gasteiger charge is 2.24. The number of primary amides is 1. The molecular weight excluding hydrogens is 348 g/mol. The van der Waals surface area contributed by atoms with E-state index in [9.17, 15) is 4.79 Å². The number of amides is 2. The number of benzene rings is 1. The lowest BCUT2D eigenvalue weighted by atomic mass is 9.84. The number of nitrogens with zero attached hydrogens (tertiary/aromatic N) is 2. The second-order valence-corrected chi connectivity index (χ2v) is 5.57. The Balaban J connectivity index is 2.32. The number of halogens is 1. The maximum absolute atomic E-state index is 11.6. The first kappa shape index (κ1) is 6.28. The molecule has 1 aromatic rings. The van der Waals surface area contributed by atoms with Crippen LogP contribution in [0.15, 0.2) is 18.2 Å². The van der Waals surface area contributed by atoms with Gasteiger partial charge in [0.2, 0.25) is 0 Å². The third-order valence-electron chi connectivity index (χ3n) is 3.29. The minimum absolute atomic E-state index is 0.0677. The second kappa shape index (κ2) is 8.96. The third-order valence-corrected chi connectivity index (χ3v) is 3.78. The molecule has 1 saturated carbocycles. The lowest BCUT2D eigenvalue weighted by Gasteiger charge is -2.37. The second-order valence-electron chi connectivity index (χ2n) is 5.19. The number of carbonyl (C=O) groups excluding carboxylic acids is 1. The predicted molar refractivity (Wildman–Crippen MR) is 108 cm³/mol. The zero-order valence-corrected chi connectivity index (χ0v) is 14.5. The minimum Gasteiger partial charge on any atom is -0.368 e. The molecule has 2 aliphatic rings. The highest BCUT2D eigenvalue weighted by molar-refractivity contribution is 6.34. The summed E-state index contributed by atoms with van der Waals surface area (Å²) in [7, 11) is 0. The fraction of sp³-hybridized carbons (Fsp3) is 0.650. The molecule has 1 heterocycles. The van der Waals surface area contributed by atoms with Crippen LogP contribution in [0.5, 0.6) is 0 Å². The largest absolute Gasteiger partial charge is 0.368 e. The molecule has 5 nitrogen and oxygen atoms in total. The number of hydrogen-bond donors (Lipinski definition) is 2. The molecule has 3 rings (SSSR count). The topological polar surface area (TPSA) is 61.6 Å². The van der Waals surface area contributed by atoms with Crippen molar-refractivity contribution in [2.75, 3.05) is 37.4 Å². The molecule has 0 spiro atoms. The lowest BCUT2D eigenvalue weighted by Crippen LogP contribution is -2.47. The van der Waals surface area contributed by atoms with Crippen molar-refractivity contribution in [2.45, 2.75) is 44.8 Å². The maximum Gasteiger partial charge on any atom is 0.312 e. The maximum atomic E-state index is 11.6. The van der Waals surface area contributed by atoms with E-state index in [1.165, 1.54) is 24.4 Å². The van der Waals surface area contributed by atoms with Gasteiger partial charge >= 0.3 is 6.03 Å². The Bertz CT molecular complexity index is 1360. The molecule has 0 unspecified atom stereocenters. The van der Waals surface area contributed by atoms with Crippen molar-refractivity contribution >= 4 is 23.3 Å². The molecule has 0 aromatic heterocycles. The Morgan fingerprint density at radius 1 is 1.35 bits per heavy atom. The average Bonchev–Trinajstić information content (AvgIpc) is 2.86. The smallest absolute Gasteiger partial charge is 0.312 e. The zero-order chi connectivity index (χ0) is 36.5. The number of urea groups is 1. The van der Waals surface area contributed by atoms with Gasteiger partial charge in [-0.2, -0.15) is 0 Å². The van der Waals surface area contributed by atoms with Gasteiger partial charge in [0.15, 0.2) is 0 Å². The normalized spacial score (nSPS) is 57.5. The number of nitrogens with two attached hydrogens (primary N) is 1. The molecule has 1 aliphatic heterocycles. The lowest BCUT2D eigenvalue weighted by molar-refractivity contribution is 0.207. The van der Waals surface area contributed by atoms with Crippen LogP contribution in [-0.4, -0.2) is 49.5 Å². The monoisotopic (exact) mass is 398 g/mol. The van der Waals surface area contributed by atoms with Crippen molar-refractivity contribution in [2.24, 2.45) is 11.6 Å². The van der Waals surface area contributed by atoms with E-state index in [1.807, 2.05) is 0 Å². The fourth-order valence-electron chi connectivity index (χ4n) is 2.03. The Morgan fingerprint density at radius 2 is 2.04 bits per heavy atom. The van der Waals surface area contributed by atoms with E-state index in [0.29, 0.717) is 0 Å². The highest BCUT2D eigenvalue weighted by atomic mass is 35.5. The molecule has 2 fully saturated rings. The molecule has 2 amide bonds. The molecule has 1 aliphatic carbocycles. The summed E-state index contributed by atoms with van der Waals surface area (Å²) >= 11 is 6.28. The van der Waals surface area contributed by atoms with Crippen LogP contribution in [0.1, 0.15) is 64.8 Å². The number of aryl methyl sites for hydroxylation is 1. The van der Waals surface area contributed by atoms with Gasteiger partial charge in [-0.25, -0.2) is 4.79 Å². The highest BCUT2D eigenvalue weighted by Crippen LogP contribution is 2.30. The van der Waals surface area contributed by atoms with E-state index >= 15 is 0 Å². The summed E-state index contributed by atoms with van der Waals surface area (Å²) in [6.07, 6.45) is -21.2. The molecule has 0 radical (unpaired) electrons. The predicted octanol–water partition coefficient (Wildman–Crippen LogP) is 3.39. The summed E-state index contributed by atoms with van der Waals surface area (Å²) in [5, 5.41) is 1.04. The Morgan fingerprint density at radius 3 is 2.69 bits per heavy atom. The average molecular weight is 399 g/mol. The summed E-state index contributed by atoms with van der Waals surface area (Å²) in [5.41, 5.74) is 4.71. The first-order valence-electron chi connectivity index (χ1n) is 17.5. The van der Waals surface area contributed by atoms with Crippen LogP contribution >= 0.6 is 11.6 Å². The molecule has 3 N–H and O–H groups in total. The van der Waals surface area contributed by atoms with Crippen molar-refractivity contribution < 1.29 is 32.2 Å². The summed E-state index contributed by atoms with van der Waals surface area (Å²) in [5.74, 6) is -4.40. The number of nitrogens with one attached hydrogen (secondary N) is 1. The van der Waals surface area contributed by atoms with Gasteiger partial charge in [-0.05, 0) is 62.9 Å². The van der Waals surface area contributed by atoms with Crippen molar-refractivity contribution in [3.63, 3.8) is 0 Å². The van der Waals surface area contributed by atoms with Crippen molar-refractivity contribution in [3.8, 4) is 0 Å². The van der Waals surface area contributed by atoms with Crippen LogP contribution in [-0.2, 0) is 0 Å². The van der Waals surface area contributed by atoms with E-state index < -0.39 is 88.0 Å². The molecule has 1 saturated heterocycles. The molecule has 144 valence electrons. The number of carbonyl (C=O) groups is 1. The van der Waals surface area contributed by atoms with E-state index in [1.54, 1.807) is 0 Å². The Kier molecular flexibility index (Phi) is 2.16. The first-order chi connectivity index (χ1) is 20.1. The van der Waals surface area contributed by atoms with Crippen molar-refractivity contribution in [1.82, 2.24) is 10.2 Å². The Labute approximate surface area is 190 Å². The molecule has 1 aromatic carbocycles. The standard InChI is InChI=1S/C20H31ClN4O/c1-15-3-2-4-18(19(15)21)25-13-11-24(12-14-25)10-9-16-5-7-17(8-6-16)23-20(22)26/h2-4,16-17H,5-14H2,1H3,(H3,22,23,26)/t16-,17-/i5D2,6D2,7D2,8D2,9D2,11D2,12D2,13D2,14D2,16D,17D. The van der Waals surface area contributed by atoms with Gasteiger partial charge in [0.1, 0.15) is 0 Å². The van der Waals surface area contributed by atoms with E-state index in [0.717, 1.165) is 6.07 Å². The molecule has 0 bridgehead atoms. The molecule has 0 atom stereocenters. The number of piperazine rings is 1. The minimum atomic E-state index is -4.40. The number of rotatable bonds is 5. The van der Waals surface area contributed by atoms with Crippen LogP contribution in [0.4, 0.5) is 10.5 Å². The summed E-state index contributed by atoms with van der Waals surface area (Å²) in [6.45, 7) is -15.6. The van der Waals surface area contributed by atoms with Crippen LogP contribution in [0.2, 0.25) is 5.02 Å². The van der Waals surface area contributed by atoms with E-state index in [4.69, 9.17) is 44.7 Å². The third kappa shape index (κ3) is 5.04. The molecular formula is C20H31ClN4O. The van der Waals surface area contributed by atoms with Gasteiger partial charge in [0.05, 0.1) is 17.6 Å². The van der Waals surface area contributed by atoms with Crippen molar-refractivity contribution in [1.29, 1.82) is 0 Å². The van der Waals surface area contributed by atoms with Crippen LogP contribution in [0.3, 0.4) is 0 Å². The van der Waals surface area contributed by atoms with Gasteiger partial charge in [0, 0.05) is 52.6 Å². The van der Waals surface area contributed by atoms with Crippen LogP contribution in [0, 0.1) is 12.8 Å². The summed E-state index contributed by atoms with van der Waals surface area (Å²) in [4.78, 5) is 11.3. The van der Waals surface area contributed by atoms with Gasteiger partial charge < -0.3 is 16.0 Å². The van der Waals surface area contributed by atoms with E-state index in [-0.39, 0.29) is 20.4 Å². The van der Waals surface area contributed by atoms with E-state index in [2.05, 4.69) is 0 Å². The molecule has 6 heteroatoms. The van der Waals surface area contributed by atoms with Crippen LogP contribution in [0.25, 0.3) is 0 Å². The quantitative estimate of drug-likeness (QED) is 0.799. The molecule has 26 heavy (non-hydrogen) atoms. The van der Waals surface area contributed by atoms with Crippen LogP contribution < -0.4 is 16.0 Å². The fourth-order valence-corrected chi connectivity index (χ4v) is 2.24. The van der Waals surface area contributed by atoms with Gasteiger partial charge in [-0.1, -0.05) is 23.7 Å². The summed E-state index contributed by atoms with van der Waals surface area (Å²) in [6, 6.07) is -1.92. The van der Waals surface area contributed by atoms with Gasteiger partial charge in [-0.15, -0.1) is 0 Å². The Hall–Kier alpha value is -1.46. The number of hydrogen-bond acceptors (Lipinski definition) is 3. The number of anilines is 1. The summed E-state index contributed by atoms with van der Waals surface area (Å²) < 4.78 is 171. The first-order valence-corrected chi connectivity index (χ1v) is 7.84. The van der Waals surface area contributed by atoms with Crippen molar-refractivity contribution in [3.05, 3.63) is 28.8 Å². The van der Waals surface area contributed by atoms with Gasteiger partial charge in [0.25, 0.3) is 0 Å².